The van der Waals surface area contributed by atoms with Gasteiger partial charge in [0.2, 0.25) is 5.88 Å². The number of hydrogen-bond donors (Lipinski definition) is 0. The second-order valence-corrected chi connectivity index (χ2v) is 10.4. The molecule has 5 aromatic rings. The highest BCUT2D eigenvalue weighted by Gasteiger charge is 2.52. The molecule has 0 spiro atoms. The Morgan fingerprint density at radius 2 is 1.68 bits per heavy atom. The lowest BCUT2D eigenvalue weighted by Gasteiger charge is -2.46. The molecule has 6 nitrogen and oxygen atoms in total. The molecule has 0 fully saturated rings. The lowest BCUT2D eigenvalue weighted by molar-refractivity contribution is -0.0182. The summed E-state index contributed by atoms with van der Waals surface area (Å²) in [4.78, 5) is 12.6. The van der Waals surface area contributed by atoms with E-state index < -0.39 is 5.60 Å². The van der Waals surface area contributed by atoms with Crippen LogP contribution in [0.15, 0.2) is 88.1 Å². The number of para-hydroxylation sites is 1. The number of fused-ring (bicyclic) bond motifs is 7. The van der Waals surface area contributed by atoms with Crippen LogP contribution in [0.3, 0.4) is 0 Å². The highest BCUT2D eigenvalue weighted by atomic mass is 16.5. The fourth-order valence-corrected chi connectivity index (χ4v) is 5.90. The van der Waals surface area contributed by atoms with Crippen molar-refractivity contribution in [3.63, 3.8) is 0 Å². The van der Waals surface area contributed by atoms with E-state index >= 15 is 0 Å². The van der Waals surface area contributed by atoms with Crippen LogP contribution < -0.4 is 15.1 Å². The molecule has 4 heterocycles. The minimum Gasteiger partial charge on any atom is -0.493 e. The molecule has 6 heteroatoms. The van der Waals surface area contributed by atoms with Gasteiger partial charge in [-0.25, -0.2) is 9.48 Å². The molecule has 2 aromatic heterocycles. The van der Waals surface area contributed by atoms with Gasteiger partial charge >= 0.3 is 5.63 Å². The van der Waals surface area contributed by atoms with Crippen molar-refractivity contribution >= 4 is 11.0 Å². The summed E-state index contributed by atoms with van der Waals surface area (Å²) in [6.45, 7) is 6.61. The summed E-state index contributed by atoms with van der Waals surface area (Å²) in [5.41, 5.74) is 5.17. The van der Waals surface area contributed by atoms with E-state index in [1.54, 1.807) is 0 Å². The van der Waals surface area contributed by atoms with Gasteiger partial charge in [0.15, 0.2) is 0 Å². The van der Waals surface area contributed by atoms with E-state index in [-0.39, 0.29) is 17.5 Å². The lowest BCUT2D eigenvalue weighted by atomic mass is 9.69. The van der Waals surface area contributed by atoms with Crippen molar-refractivity contribution in [2.75, 3.05) is 6.61 Å². The van der Waals surface area contributed by atoms with Crippen molar-refractivity contribution in [1.82, 2.24) is 9.78 Å². The summed E-state index contributed by atoms with van der Waals surface area (Å²) < 4.78 is 20.9. The Kier molecular flexibility index (Phi) is 4.64. The molecule has 0 aliphatic carbocycles. The van der Waals surface area contributed by atoms with E-state index in [2.05, 4.69) is 26.0 Å². The average Bonchev–Trinajstić information content (AvgIpc) is 3.27. The van der Waals surface area contributed by atoms with Crippen LogP contribution in [0.2, 0.25) is 0 Å². The van der Waals surface area contributed by atoms with E-state index in [0.29, 0.717) is 18.1 Å². The summed E-state index contributed by atoms with van der Waals surface area (Å²) in [7, 11) is 0. The van der Waals surface area contributed by atoms with Gasteiger partial charge in [-0.3, -0.25) is 0 Å². The Morgan fingerprint density at radius 1 is 0.946 bits per heavy atom. The van der Waals surface area contributed by atoms with E-state index in [1.165, 1.54) is 6.07 Å². The SMILES string of the molecule is Cc1cc(=O)oc2c3c(ccc12)OCC1C3c2c(-c3ccccc3)nn(-c3ccccc3)c2OC1(C)C. The first-order chi connectivity index (χ1) is 17.9. The predicted octanol–water partition coefficient (Wildman–Crippen LogP) is 6.27. The summed E-state index contributed by atoms with van der Waals surface area (Å²) in [6, 6.07) is 25.7. The van der Waals surface area contributed by atoms with Crippen molar-refractivity contribution in [3.05, 3.63) is 106 Å². The number of hydrogen-bond acceptors (Lipinski definition) is 5. The van der Waals surface area contributed by atoms with Gasteiger partial charge in [0.05, 0.1) is 17.9 Å². The number of aryl methyl sites for hydroxylation is 1. The van der Waals surface area contributed by atoms with Crippen molar-refractivity contribution in [2.24, 2.45) is 5.92 Å². The summed E-state index contributed by atoms with van der Waals surface area (Å²) in [6.07, 6.45) is 0. The zero-order valence-corrected chi connectivity index (χ0v) is 20.9. The van der Waals surface area contributed by atoms with Gasteiger partial charge in [-0.1, -0.05) is 48.5 Å². The number of rotatable bonds is 2. The van der Waals surface area contributed by atoms with Gasteiger partial charge in [-0.15, -0.1) is 0 Å². The lowest BCUT2D eigenvalue weighted by Crippen LogP contribution is -2.49. The molecule has 2 atom stereocenters. The first-order valence-electron chi connectivity index (χ1n) is 12.6. The smallest absolute Gasteiger partial charge is 0.336 e. The fourth-order valence-electron chi connectivity index (χ4n) is 5.90. The molecular weight excluding hydrogens is 464 g/mol. The number of aromatic nitrogens is 2. The van der Waals surface area contributed by atoms with Gasteiger partial charge in [-0.05, 0) is 50.6 Å². The summed E-state index contributed by atoms with van der Waals surface area (Å²) in [5.74, 6) is 1.26. The van der Waals surface area contributed by atoms with E-state index in [1.807, 2.05) is 72.3 Å². The van der Waals surface area contributed by atoms with Crippen LogP contribution in [0.4, 0.5) is 0 Å². The van der Waals surface area contributed by atoms with Crippen molar-refractivity contribution in [2.45, 2.75) is 32.3 Å². The Morgan fingerprint density at radius 3 is 2.43 bits per heavy atom. The van der Waals surface area contributed by atoms with Crippen LogP contribution >= 0.6 is 0 Å². The minimum atomic E-state index is -0.567. The Hall–Kier alpha value is -4.32. The highest BCUT2D eigenvalue weighted by Crippen LogP contribution is 2.57. The molecule has 0 N–H and O–H groups in total. The molecule has 184 valence electrons. The summed E-state index contributed by atoms with van der Waals surface area (Å²) in [5, 5.41) is 6.04. The molecule has 0 radical (unpaired) electrons. The maximum atomic E-state index is 12.6. The van der Waals surface area contributed by atoms with Gasteiger partial charge in [0, 0.05) is 34.4 Å². The predicted molar refractivity (Wildman–Crippen MR) is 142 cm³/mol. The zero-order chi connectivity index (χ0) is 25.3. The molecule has 3 aromatic carbocycles. The van der Waals surface area contributed by atoms with Gasteiger partial charge in [0.1, 0.15) is 22.6 Å². The number of benzene rings is 3. The largest absolute Gasteiger partial charge is 0.493 e. The molecule has 0 bridgehead atoms. The fraction of sp³-hybridized carbons (Fsp3) is 0.226. The maximum absolute atomic E-state index is 12.6. The van der Waals surface area contributed by atoms with Gasteiger partial charge in [-0.2, -0.15) is 5.10 Å². The van der Waals surface area contributed by atoms with E-state index in [0.717, 1.165) is 44.8 Å². The standard InChI is InChI=1S/C31H26N2O4/c1-18-16-24(34)36-29-21(18)14-15-23-26(29)25-22(17-35-23)31(2,3)37-30-27(25)28(19-10-6-4-7-11-19)32-33(30)20-12-8-5-9-13-20/h4-16,22,25H,17H2,1-3H3. The van der Waals surface area contributed by atoms with E-state index in [4.69, 9.17) is 19.0 Å². The molecule has 0 saturated carbocycles. The third-order valence-electron chi connectivity index (χ3n) is 7.74. The molecule has 2 aliphatic rings. The van der Waals surface area contributed by atoms with Crippen LogP contribution in [-0.2, 0) is 0 Å². The average molecular weight is 491 g/mol. The molecule has 0 saturated heterocycles. The third kappa shape index (κ3) is 3.25. The topological polar surface area (TPSA) is 66.5 Å². The molecule has 37 heavy (non-hydrogen) atoms. The van der Waals surface area contributed by atoms with Crippen LogP contribution in [0.1, 0.15) is 36.5 Å². The monoisotopic (exact) mass is 490 g/mol. The Balaban J connectivity index is 1.60. The first kappa shape index (κ1) is 21.9. The normalized spacial score (nSPS) is 19.3. The van der Waals surface area contributed by atoms with Gasteiger partial charge in [0.25, 0.3) is 0 Å². The van der Waals surface area contributed by atoms with Gasteiger partial charge < -0.3 is 13.9 Å². The maximum Gasteiger partial charge on any atom is 0.336 e. The van der Waals surface area contributed by atoms with Crippen molar-refractivity contribution in [3.8, 4) is 28.6 Å². The molecule has 0 amide bonds. The Bertz CT molecular complexity index is 1720. The number of ether oxygens (including phenoxy) is 2. The minimum absolute atomic E-state index is 0.0280. The molecule has 2 aliphatic heterocycles. The molecule has 7 rings (SSSR count). The van der Waals surface area contributed by atoms with Crippen LogP contribution in [-0.4, -0.2) is 22.0 Å². The number of nitrogens with zero attached hydrogens (tertiary/aromatic N) is 2. The van der Waals surface area contributed by atoms with Crippen LogP contribution in [0, 0.1) is 12.8 Å². The van der Waals surface area contributed by atoms with Crippen molar-refractivity contribution < 1.29 is 13.9 Å². The zero-order valence-electron chi connectivity index (χ0n) is 20.9. The Labute approximate surface area is 214 Å². The van der Waals surface area contributed by atoms with E-state index in [9.17, 15) is 4.79 Å². The second kappa shape index (κ2) is 7.84. The quantitative estimate of drug-likeness (QED) is 0.273. The van der Waals surface area contributed by atoms with Crippen LogP contribution in [0.5, 0.6) is 11.6 Å². The first-order valence-corrected chi connectivity index (χ1v) is 12.6. The van der Waals surface area contributed by atoms with Crippen LogP contribution in [0.25, 0.3) is 27.9 Å². The second-order valence-electron chi connectivity index (χ2n) is 10.4. The van der Waals surface area contributed by atoms with Crippen molar-refractivity contribution in [1.29, 1.82) is 0 Å². The third-order valence-corrected chi connectivity index (χ3v) is 7.74. The highest BCUT2D eigenvalue weighted by molar-refractivity contribution is 5.87. The molecule has 2 unspecified atom stereocenters. The summed E-state index contributed by atoms with van der Waals surface area (Å²) >= 11 is 0. The molecular formula is C31H26N2O4.